The van der Waals surface area contributed by atoms with Gasteiger partial charge in [0.2, 0.25) is 0 Å². The predicted octanol–water partition coefficient (Wildman–Crippen LogP) is 1.04. The van der Waals surface area contributed by atoms with Gasteiger partial charge in [-0.25, -0.2) is 9.59 Å². The molecule has 0 fully saturated rings. The van der Waals surface area contributed by atoms with E-state index in [9.17, 15) is 14.7 Å². The zero-order valence-corrected chi connectivity index (χ0v) is 10.9. The van der Waals surface area contributed by atoms with E-state index in [-0.39, 0.29) is 6.61 Å². The molecule has 9 heteroatoms. The van der Waals surface area contributed by atoms with Crippen LogP contribution in [0.4, 0.5) is 4.79 Å². The predicted molar refractivity (Wildman–Crippen MR) is 71.2 cm³/mol. The van der Waals surface area contributed by atoms with E-state index in [1.165, 1.54) is 0 Å². The molecule has 1 aromatic carbocycles. The summed E-state index contributed by atoms with van der Waals surface area (Å²) >= 11 is 0. The average Bonchev–Trinajstić information content (AvgIpc) is 2.49. The second-order valence-corrected chi connectivity index (χ2v) is 4.00. The topological polar surface area (TPSA) is 145 Å². The van der Waals surface area contributed by atoms with Gasteiger partial charge >= 0.3 is 12.1 Å². The van der Waals surface area contributed by atoms with Gasteiger partial charge in [-0.2, -0.15) is 0 Å². The highest BCUT2D eigenvalue weighted by atomic mass is 16.5. The lowest BCUT2D eigenvalue weighted by Crippen LogP contribution is -2.50. The second kappa shape index (κ2) is 8.41. The van der Waals surface area contributed by atoms with Gasteiger partial charge in [0, 0.05) is 4.91 Å². The van der Waals surface area contributed by atoms with Crippen molar-refractivity contribution in [2.24, 2.45) is 5.11 Å². The van der Waals surface area contributed by atoms with Crippen LogP contribution in [0.25, 0.3) is 10.4 Å². The molecule has 0 aromatic heterocycles. The van der Waals surface area contributed by atoms with Gasteiger partial charge in [-0.3, -0.25) is 0 Å². The van der Waals surface area contributed by atoms with Crippen LogP contribution in [-0.4, -0.2) is 41.0 Å². The Kier molecular flexibility index (Phi) is 6.52. The Morgan fingerprint density at radius 3 is 2.62 bits per heavy atom. The van der Waals surface area contributed by atoms with Gasteiger partial charge in [0.15, 0.2) is 6.04 Å². The van der Waals surface area contributed by atoms with Crippen LogP contribution in [-0.2, 0) is 16.1 Å². The van der Waals surface area contributed by atoms with E-state index in [0.717, 1.165) is 5.56 Å². The van der Waals surface area contributed by atoms with Gasteiger partial charge in [0.1, 0.15) is 6.61 Å². The van der Waals surface area contributed by atoms with Gasteiger partial charge < -0.3 is 20.3 Å². The summed E-state index contributed by atoms with van der Waals surface area (Å²) in [6, 6.07) is 7.17. The largest absolute Gasteiger partial charge is 0.480 e. The Morgan fingerprint density at radius 1 is 1.38 bits per heavy atom. The number of azide groups is 1. The lowest BCUT2D eigenvalue weighted by atomic mass is 10.1. The average molecular weight is 294 g/mol. The fourth-order valence-corrected chi connectivity index (χ4v) is 1.44. The van der Waals surface area contributed by atoms with Gasteiger partial charge in [-0.05, 0) is 11.1 Å². The number of aliphatic hydroxyl groups excluding tert-OH is 1. The Hall–Kier alpha value is -2.77. The first-order valence-corrected chi connectivity index (χ1v) is 5.93. The highest BCUT2D eigenvalue weighted by molar-refractivity contribution is 5.80. The van der Waals surface area contributed by atoms with Crippen molar-refractivity contribution < 1.29 is 24.5 Å². The van der Waals surface area contributed by atoms with Crippen molar-refractivity contribution in [1.82, 2.24) is 5.32 Å². The van der Waals surface area contributed by atoms with Crippen molar-refractivity contribution in [3.8, 4) is 0 Å². The molecule has 0 aliphatic carbocycles. The third kappa shape index (κ3) is 5.81. The quantitative estimate of drug-likeness (QED) is 0.391. The van der Waals surface area contributed by atoms with Gasteiger partial charge in [-0.1, -0.05) is 35.4 Å². The molecule has 1 aromatic rings. The summed E-state index contributed by atoms with van der Waals surface area (Å²) in [5.74, 6) is -1.47. The number of amides is 1. The maximum absolute atomic E-state index is 11.5. The van der Waals surface area contributed by atoms with Gasteiger partial charge in [-0.15, -0.1) is 0 Å². The molecule has 0 spiro atoms. The molecule has 0 heterocycles. The fraction of sp³-hybridized carbons (Fsp3) is 0.333. The second-order valence-electron chi connectivity index (χ2n) is 4.00. The highest BCUT2D eigenvalue weighted by Gasteiger charge is 2.28. The Labute approximate surface area is 119 Å². The van der Waals surface area contributed by atoms with Crippen molar-refractivity contribution in [3.63, 3.8) is 0 Å². The van der Waals surface area contributed by atoms with E-state index < -0.39 is 30.8 Å². The molecular formula is C12H14N4O5. The number of alkyl carbamates (subject to hydrolysis) is 1. The number of carboxylic acids is 1. The summed E-state index contributed by atoms with van der Waals surface area (Å²) in [6.45, 7) is -0.516. The number of hydrogen-bond donors (Lipinski definition) is 3. The number of rotatable bonds is 7. The molecule has 0 unspecified atom stereocenters. The van der Waals surface area contributed by atoms with Crippen LogP contribution in [0.15, 0.2) is 35.4 Å². The zero-order chi connectivity index (χ0) is 15.7. The summed E-state index contributed by atoms with van der Waals surface area (Å²) in [5, 5.41) is 23.5. The molecule has 9 nitrogen and oxygen atoms in total. The minimum atomic E-state index is -1.63. The number of aliphatic carboxylic acids is 1. The molecular weight excluding hydrogens is 280 g/mol. The Morgan fingerprint density at radius 2 is 2.05 bits per heavy atom. The molecule has 0 aliphatic rings. The molecule has 112 valence electrons. The molecule has 2 atom stereocenters. The Bertz CT molecular complexity index is 530. The third-order valence-corrected chi connectivity index (χ3v) is 2.47. The van der Waals surface area contributed by atoms with E-state index in [0.29, 0.717) is 0 Å². The maximum atomic E-state index is 11.5. The molecule has 1 rings (SSSR count). The number of aliphatic hydroxyl groups is 1. The van der Waals surface area contributed by atoms with Crippen molar-refractivity contribution in [1.29, 1.82) is 0 Å². The van der Waals surface area contributed by atoms with Crippen LogP contribution in [0, 0.1) is 0 Å². The first-order valence-electron chi connectivity index (χ1n) is 5.93. The number of hydrogen-bond acceptors (Lipinski definition) is 5. The molecule has 0 bridgehead atoms. The summed E-state index contributed by atoms with van der Waals surface area (Å²) in [7, 11) is 0. The third-order valence-electron chi connectivity index (χ3n) is 2.47. The number of carbonyl (C=O) groups is 2. The SMILES string of the molecule is [N-]=[N+]=NC[C@@H](O)[C@H](NC(=O)OCc1ccccc1)C(=O)O. The minimum absolute atomic E-state index is 0.0363. The summed E-state index contributed by atoms with van der Waals surface area (Å²) in [4.78, 5) is 24.8. The van der Waals surface area contributed by atoms with Crippen LogP contribution in [0.1, 0.15) is 5.56 Å². The maximum Gasteiger partial charge on any atom is 0.408 e. The first-order chi connectivity index (χ1) is 10.0. The molecule has 0 radical (unpaired) electrons. The minimum Gasteiger partial charge on any atom is -0.480 e. The van der Waals surface area contributed by atoms with Crippen molar-refractivity contribution in [3.05, 3.63) is 46.3 Å². The number of nitrogens with zero attached hydrogens (tertiary/aromatic N) is 3. The van der Waals surface area contributed by atoms with Crippen LogP contribution >= 0.6 is 0 Å². The molecule has 0 saturated carbocycles. The highest BCUT2D eigenvalue weighted by Crippen LogP contribution is 2.02. The van der Waals surface area contributed by atoms with Crippen molar-refractivity contribution in [2.75, 3.05) is 6.54 Å². The standard InChI is InChI=1S/C12H14N4O5/c13-16-14-6-9(17)10(11(18)19)15-12(20)21-7-8-4-2-1-3-5-8/h1-5,9-10,17H,6-7H2,(H,15,20)(H,18,19)/t9-,10+/m1/s1. The van der Waals surface area contributed by atoms with Crippen LogP contribution < -0.4 is 5.32 Å². The molecule has 0 aliphatic heterocycles. The summed E-state index contributed by atoms with van der Waals surface area (Å²) in [5.41, 5.74) is 8.85. The van der Waals surface area contributed by atoms with Gasteiger partial charge in [0.05, 0.1) is 12.6 Å². The normalized spacial score (nSPS) is 12.6. The van der Waals surface area contributed by atoms with E-state index in [4.69, 9.17) is 15.4 Å². The zero-order valence-electron chi connectivity index (χ0n) is 10.9. The smallest absolute Gasteiger partial charge is 0.408 e. The van der Waals surface area contributed by atoms with Crippen molar-refractivity contribution >= 4 is 12.1 Å². The van der Waals surface area contributed by atoms with Crippen LogP contribution in [0.3, 0.4) is 0 Å². The van der Waals surface area contributed by atoms with E-state index >= 15 is 0 Å². The van der Waals surface area contributed by atoms with E-state index in [1.807, 2.05) is 5.32 Å². The van der Waals surface area contributed by atoms with E-state index in [2.05, 4.69) is 10.0 Å². The number of benzene rings is 1. The lowest BCUT2D eigenvalue weighted by molar-refractivity contribution is -0.142. The number of ether oxygens (including phenoxy) is 1. The number of carbonyl (C=O) groups excluding carboxylic acids is 1. The molecule has 21 heavy (non-hydrogen) atoms. The van der Waals surface area contributed by atoms with E-state index in [1.54, 1.807) is 30.3 Å². The molecule has 3 N–H and O–H groups in total. The summed E-state index contributed by atoms with van der Waals surface area (Å²) in [6.07, 6.45) is -2.55. The van der Waals surface area contributed by atoms with Crippen LogP contribution in [0.2, 0.25) is 0 Å². The Balaban J connectivity index is 2.52. The lowest BCUT2D eigenvalue weighted by Gasteiger charge is -2.18. The van der Waals surface area contributed by atoms with Crippen LogP contribution in [0.5, 0.6) is 0 Å². The monoisotopic (exact) mass is 294 g/mol. The van der Waals surface area contributed by atoms with Crippen molar-refractivity contribution in [2.45, 2.75) is 18.8 Å². The fourth-order valence-electron chi connectivity index (χ4n) is 1.44. The molecule has 0 saturated heterocycles. The summed E-state index contributed by atoms with van der Waals surface area (Å²) < 4.78 is 4.84. The first kappa shape index (κ1) is 16.3. The number of nitrogens with one attached hydrogen (secondary N) is 1. The molecule has 1 amide bonds. The van der Waals surface area contributed by atoms with Gasteiger partial charge in [0.25, 0.3) is 0 Å². The number of carboxylic acid groups (broad SMARTS) is 1.